The Hall–Kier alpha value is -1.73. The number of thioether (sulfide) groups is 1. The molecule has 0 aliphatic carbocycles. The zero-order valence-corrected chi connectivity index (χ0v) is 13.5. The van der Waals surface area contributed by atoms with Crippen molar-refractivity contribution < 1.29 is 8.83 Å². The van der Waals surface area contributed by atoms with Crippen molar-refractivity contribution in [3.63, 3.8) is 0 Å². The Kier molecular flexibility index (Phi) is 4.03. The minimum Gasteiger partial charge on any atom is -0.444 e. The third-order valence-corrected chi connectivity index (χ3v) is 4.17. The van der Waals surface area contributed by atoms with Crippen LogP contribution in [0.15, 0.2) is 59.6 Å². The van der Waals surface area contributed by atoms with Gasteiger partial charge in [0, 0.05) is 4.90 Å². The van der Waals surface area contributed by atoms with E-state index in [1.54, 1.807) is 12.1 Å². The van der Waals surface area contributed by atoms with Gasteiger partial charge in [-0.25, -0.2) is 4.79 Å². The van der Waals surface area contributed by atoms with Gasteiger partial charge in [0.2, 0.25) is 0 Å². The zero-order chi connectivity index (χ0) is 14.8. The molecule has 3 aromatic rings. The molecule has 21 heavy (non-hydrogen) atoms. The SMILES string of the molecule is Cc1ccc(SCn2nc(-c3ccc(Br)o3)oc2=O)cc1. The first-order valence-electron chi connectivity index (χ1n) is 6.15. The van der Waals surface area contributed by atoms with E-state index in [9.17, 15) is 4.79 Å². The molecule has 5 nitrogen and oxygen atoms in total. The summed E-state index contributed by atoms with van der Waals surface area (Å²) >= 11 is 4.71. The number of benzene rings is 1. The average Bonchev–Trinajstić information content (AvgIpc) is 3.05. The van der Waals surface area contributed by atoms with E-state index in [2.05, 4.69) is 21.0 Å². The van der Waals surface area contributed by atoms with Gasteiger partial charge in [-0.05, 0) is 47.1 Å². The Morgan fingerprint density at radius 2 is 1.95 bits per heavy atom. The second-order valence-electron chi connectivity index (χ2n) is 4.36. The summed E-state index contributed by atoms with van der Waals surface area (Å²) < 4.78 is 12.2. The minimum atomic E-state index is -0.503. The Morgan fingerprint density at radius 1 is 1.19 bits per heavy atom. The fourth-order valence-electron chi connectivity index (χ4n) is 1.69. The van der Waals surface area contributed by atoms with Crippen molar-refractivity contribution in [1.29, 1.82) is 0 Å². The van der Waals surface area contributed by atoms with Gasteiger partial charge in [-0.3, -0.25) is 0 Å². The molecule has 0 unspecified atom stereocenters. The fraction of sp³-hybridized carbons (Fsp3) is 0.143. The largest absolute Gasteiger partial charge is 0.444 e. The maximum absolute atomic E-state index is 11.8. The van der Waals surface area contributed by atoms with Gasteiger partial charge in [-0.1, -0.05) is 17.7 Å². The van der Waals surface area contributed by atoms with Crippen LogP contribution >= 0.6 is 27.7 Å². The molecule has 3 rings (SSSR count). The summed E-state index contributed by atoms with van der Waals surface area (Å²) in [6.45, 7) is 2.03. The van der Waals surface area contributed by atoms with Crippen LogP contribution in [0.5, 0.6) is 0 Å². The first-order chi connectivity index (χ1) is 10.1. The summed E-state index contributed by atoms with van der Waals surface area (Å²) in [6.07, 6.45) is 0. The molecule has 0 saturated carbocycles. The van der Waals surface area contributed by atoms with Gasteiger partial charge in [0.25, 0.3) is 5.89 Å². The number of furan rings is 1. The standard InChI is InChI=1S/C14H11BrN2O3S/c1-9-2-4-10(5-3-9)21-8-17-14(18)20-13(16-17)11-6-7-12(15)19-11/h2-7H,8H2,1H3. The zero-order valence-electron chi connectivity index (χ0n) is 11.1. The van der Waals surface area contributed by atoms with E-state index in [1.807, 2.05) is 31.2 Å². The molecule has 0 amide bonds. The second kappa shape index (κ2) is 5.95. The molecule has 0 N–H and O–H groups in total. The van der Waals surface area contributed by atoms with Crippen LogP contribution in [0.25, 0.3) is 11.7 Å². The number of rotatable bonds is 4. The van der Waals surface area contributed by atoms with E-state index in [1.165, 1.54) is 22.0 Å². The minimum absolute atomic E-state index is 0.176. The predicted octanol–water partition coefficient (Wildman–Crippen LogP) is 3.92. The molecular formula is C14H11BrN2O3S. The van der Waals surface area contributed by atoms with Crippen molar-refractivity contribution in [2.75, 3.05) is 0 Å². The lowest BCUT2D eigenvalue weighted by Gasteiger charge is -2.00. The molecule has 2 aromatic heterocycles. The van der Waals surface area contributed by atoms with Gasteiger partial charge in [0.1, 0.15) is 0 Å². The van der Waals surface area contributed by atoms with E-state index in [4.69, 9.17) is 8.83 Å². The number of hydrogen-bond acceptors (Lipinski definition) is 5. The molecule has 1 aromatic carbocycles. The van der Waals surface area contributed by atoms with Crippen molar-refractivity contribution >= 4 is 27.7 Å². The molecule has 0 bridgehead atoms. The monoisotopic (exact) mass is 366 g/mol. The molecule has 0 atom stereocenters. The lowest BCUT2D eigenvalue weighted by molar-refractivity contribution is 0.475. The number of nitrogens with zero attached hydrogens (tertiary/aromatic N) is 2. The Balaban J connectivity index is 1.76. The summed E-state index contributed by atoms with van der Waals surface area (Å²) in [7, 11) is 0. The number of aryl methyl sites for hydroxylation is 1. The third kappa shape index (κ3) is 3.30. The van der Waals surface area contributed by atoms with Gasteiger partial charge in [0.15, 0.2) is 10.4 Å². The third-order valence-electron chi connectivity index (χ3n) is 2.76. The van der Waals surface area contributed by atoms with Crippen LogP contribution in [0, 0.1) is 6.92 Å². The van der Waals surface area contributed by atoms with E-state index in [0.717, 1.165) is 4.90 Å². The number of hydrogen-bond donors (Lipinski definition) is 0. The second-order valence-corrected chi connectivity index (χ2v) is 6.16. The van der Waals surface area contributed by atoms with Gasteiger partial charge in [-0.2, -0.15) is 4.68 Å². The maximum Gasteiger partial charge on any atom is 0.438 e. The smallest absolute Gasteiger partial charge is 0.438 e. The highest BCUT2D eigenvalue weighted by Crippen LogP contribution is 2.23. The van der Waals surface area contributed by atoms with Crippen molar-refractivity contribution in [2.24, 2.45) is 0 Å². The average molecular weight is 367 g/mol. The summed E-state index contributed by atoms with van der Waals surface area (Å²) in [5.41, 5.74) is 1.20. The molecule has 0 aliphatic heterocycles. The maximum atomic E-state index is 11.8. The molecular weight excluding hydrogens is 356 g/mol. The number of aromatic nitrogens is 2. The van der Waals surface area contributed by atoms with Crippen molar-refractivity contribution in [1.82, 2.24) is 9.78 Å². The predicted molar refractivity (Wildman–Crippen MR) is 83.2 cm³/mol. The normalized spacial score (nSPS) is 11.0. The van der Waals surface area contributed by atoms with Crippen LogP contribution in [0.1, 0.15) is 5.56 Å². The Morgan fingerprint density at radius 3 is 2.62 bits per heavy atom. The molecule has 0 spiro atoms. The summed E-state index contributed by atoms with van der Waals surface area (Å²) in [5.74, 6) is 0.471. The Bertz CT molecular complexity index is 804. The van der Waals surface area contributed by atoms with E-state index in [0.29, 0.717) is 16.3 Å². The van der Waals surface area contributed by atoms with Gasteiger partial charge < -0.3 is 8.83 Å². The first-order valence-corrected chi connectivity index (χ1v) is 7.93. The van der Waals surface area contributed by atoms with Crippen LogP contribution in [0.4, 0.5) is 0 Å². The summed E-state index contributed by atoms with van der Waals surface area (Å²) in [4.78, 5) is 12.8. The van der Waals surface area contributed by atoms with E-state index < -0.39 is 5.76 Å². The molecule has 0 radical (unpaired) electrons. The van der Waals surface area contributed by atoms with Crippen LogP contribution in [0.2, 0.25) is 0 Å². The highest BCUT2D eigenvalue weighted by molar-refractivity contribution is 9.10. The number of halogens is 1. The highest BCUT2D eigenvalue weighted by Gasteiger charge is 2.13. The first kappa shape index (κ1) is 14.2. The van der Waals surface area contributed by atoms with Crippen molar-refractivity contribution in [2.45, 2.75) is 17.7 Å². The van der Waals surface area contributed by atoms with Crippen LogP contribution in [-0.4, -0.2) is 9.78 Å². The molecule has 2 heterocycles. The van der Waals surface area contributed by atoms with Crippen LogP contribution in [-0.2, 0) is 5.88 Å². The lowest BCUT2D eigenvalue weighted by Crippen LogP contribution is -2.13. The quantitative estimate of drug-likeness (QED) is 0.654. The van der Waals surface area contributed by atoms with Crippen molar-refractivity contribution in [3.8, 4) is 11.7 Å². The fourth-order valence-corrected chi connectivity index (χ4v) is 2.76. The Labute approximate surface area is 133 Å². The van der Waals surface area contributed by atoms with Gasteiger partial charge in [0.05, 0.1) is 5.88 Å². The molecule has 0 fully saturated rings. The molecule has 108 valence electrons. The topological polar surface area (TPSA) is 61.2 Å². The lowest BCUT2D eigenvalue weighted by atomic mass is 10.2. The van der Waals surface area contributed by atoms with E-state index in [-0.39, 0.29) is 5.89 Å². The highest BCUT2D eigenvalue weighted by atomic mass is 79.9. The summed E-state index contributed by atoms with van der Waals surface area (Å²) in [5, 5.41) is 4.13. The van der Waals surface area contributed by atoms with Gasteiger partial charge >= 0.3 is 5.76 Å². The van der Waals surface area contributed by atoms with Crippen molar-refractivity contribution in [3.05, 3.63) is 57.2 Å². The van der Waals surface area contributed by atoms with Crippen LogP contribution < -0.4 is 5.76 Å². The van der Waals surface area contributed by atoms with Crippen LogP contribution in [0.3, 0.4) is 0 Å². The summed E-state index contributed by atoms with van der Waals surface area (Å²) in [6, 6.07) is 11.5. The molecule has 7 heteroatoms. The van der Waals surface area contributed by atoms with Gasteiger partial charge in [-0.15, -0.1) is 16.9 Å². The molecule has 0 aliphatic rings. The molecule has 0 saturated heterocycles. The van der Waals surface area contributed by atoms with E-state index >= 15 is 0 Å².